The van der Waals surface area contributed by atoms with Gasteiger partial charge in [-0.25, -0.2) is 4.39 Å². The van der Waals surface area contributed by atoms with E-state index >= 15 is 0 Å². The molecule has 3 heterocycles. The van der Waals surface area contributed by atoms with E-state index in [-0.39, 0.29) is 41.3 Å². The average molecular weight is 652 g/mol. The molecule has 0 aromatic heterocycles. The number of anilines is 1. The zero-order valence-electron chi connectivity index (χ0n) is 28.0. The number of aliphatic carboxylic acids is 1. The maximum absolute atomic E-state index is 14.7. The number of carboxylic acids is 1. The van der Waals surface area contributed by atoms with Crippen LogP contribution in [0.5, 0.6) is 5.75 Å². The summed E-state index contributed by atoms with van der Waals surface area (Å²) in [6, 6.07) is 13.6. The number of piperidine rings is 1. The number of hydrogen-bond acceptors (Lipinski definition) is 7. The molecule has 47 heavy (non-hydrogen) atoms. The summed E-state index contributed by atoms with van der Waals surface area (Å²) in [6.07, 6.45) is 5.62. The molecule has 0 bridgehead atoms. The first kappa shape index (κ1) is 33.7. The maximum atomic E-state index is 14.7. The van der Waals surface area contributed by atoms with Crippen LogP contribution in [0.25, 0.3) is 0 Å². The number of hydrogen-bond donors (Lipinski definition) is 1. The highest BCUT2D eigenvalue weighted by Crippen LogP contribution is 2.43. The minimum Gasteiger partial charge on any atom is -0.497 e. The van der Waals surface area contributed by atoms with Crippen molar-refractivity contribution in [1.29, 1.82) is 0 Å². The maximum Gasteiger partial charge on any atom is 0.306 e. The Labute approximate surface area is 277 Å². The van der Waals surface area contributed by atoms with Gasteiger partial charge in [0.25, 0.3) is 0 Å². The van der Waals surface area contributed by atoms with Crippen molar-refractivity contribution in [2.75, 3.05) is 72.1 Å². The number of likely N-dealkylation sites (tertiary alicyclic amines) is 2. The van der Waals surface area contributed by atoms with Crippen molar-refractivity contribution in [1.82, 2.24) is 9.80 Å². The van der Waals surface area contributed by atoms with E-state index in [1.165, 1.54) is 6.07 Å². The van der Waals surface area contributed by atoms with E-state index in [0.29, 0.717) is 57.8 Å². The largest absolute Gasteiger partial charge is 0.497 e. The molecule has 1 saturated carbocycles. The Kier molecular flexibility index (Phi) is 10.7. The monoisotopic (exact) mass is 651 g/mol. The fourth-order valence-corrected chi connectivity index (χ4v) is 8.71. The van der Waals surface area contributed by atoms with Crippen LogP contribution >= 0.6 is 0 Å². The highest BCUT2D eigenvalue weighted by molar-refractivity contribution is 5.81. The smallest absolute Gasteiger partial charge is 0.306 e. The summed E-state index contributed by atoms with van der Waals surface area (Å²) in [5.41, 5.74) is 2.98. The third kappa shape index (κ3) is 7.29. The molecular formula is C37H50FN3O6. The fourth-order valence-electron chi connectivity index (χ4n) is 8.71. The summed E-state index contributed by atoms with van der Waals surface area (Å²) in [5.74, 6) is -0.535. The van der Waals surface area contributed by atoms with Crippen LogP contribution in [0.2, 0.25) is 0 Å². The first-order chi connectivity index (χ1) is 22.8. The molecule has 3 saturated heterocycles. The van der Waals surface area contributed by atoms with Crippen LogP contribution in [-0.4, -0.2) is 106 Å². The average Bonchev–Trinajstić information content (AvgIpc) is 3.74. The van der Waals surface area contributed by atoms with Gasteiger partial charge in [0.2, 0.25) is 5.91 Å². The minimum absolute atomic E-state index is 0.0204. The Bertz CT molecular complexity index is 1370. The third-order valence-electron chi connectivity index (χ3n) is 11.4. The zero-order chi connectivity index (χ0) is 33.1. The normalized spacial score (nSPS) is 28.9. The summed E-state index contributed by atoms with van der Waals surface area (Å²) in [5, 5.41) is 9.51. The number of ether oxygens (including phenoxy) is 3. The lowest BCUT2D eigenvalue weighted by Crippen LogP contribution is -2.40. The molecule has 2 aromatic carbocycles. The summed E-state index contributed by atoms with van der Waals surface area (Å²) < 4.78 is 31.5. The lowest BCUT2D eigenvalue weighted by molar-refractivity contribution is -0.142. The van der Waals surface area contributed by atoms with Crippen LogP contribution in [0.15, 0.2) is 42.5 Å². The topological polar surface area (TPSA) is 91.8 Å². The summed E-state index contributed by atoms with van der Waals surface area (Å²) in [6.45, 7) is 4.32. The van der Waals surface area contributed by atoms with E-state index in [2.05, 4.69) is 21.9 Å². The molecule has 1 N–H and O–H groups in total. The number of carboxylic acid groups (broad SMARTS) is 1. The van der Waals surface area contributed by atoms with Gasteiger partial charge in [-0.3, -0.25) is 14.5 Å². The summed E-state index contributed by atoms with van der Waals surface area (Å²) in [7, 11) is 5.15. The van der Waals surface area contributed by atoms with Crippen LogP contribution in [-0.2, 0) is 19.1 Å². The first-order valence-corrected chi connectivity index (χ1v) is 17.2. The zero-order valence-corrected chi connectivity index (χ0v) is 28.0. The van der Waals surface area contributed by atoms with Crippen molar-refractivity contribution in [3.63, 3.8) is 0 Å². The van der Waals surface area contributed by atoms with Gasteiger partial charge in [-0.2, -0.15) is 0 Å². The molecule has 3 aliphatic heterocycles. The molecule has 4 aliphatic rings. The molecule has 0 unspecified atom stereocenters. The first-order valence-electron chi connectivity index (χ1n) is 17.2. The Hall–Kier alpha value is -3.21. The van der Waals surface area contributed by atoms with Crippen molar-refractivity contribution in [2.24, 2.45) is 17.8 Å². The van der Waals surface area contributed by atoms with Crippen molar-refractivity contribution < 1.29 is 33.3 Å². The van der Waals surface area contributed by atoms with Crippen LogP contribution < -0.4 is 9.64 Å². The molecule has 2 aromatic rings. The number of methoxy groups -OCH3 is 3. The minimum atomic E-state index is -0.768. The highest BCUT2D eigenvalue weighted by Gasteiger charge is 2.46. The molecule has 4 atom stereocenters. The molecule has 10 heteroatoms. The number of halogens is 1. The Morgan fingerprint density at radius 1 is 0.872 bits per heavy atom. The Morgan fingerprint density at radius 3 is 2.23 bits per heavy atom. The standard InChI is InChI=1S/C37H50FN3O6/c1-45-23-26-19-41(21-33(26)31-13-6-27(38)18-35(31)39-16-14-25(15-17-39)37(43)44)36(42)34-22-40(28-7-11-30(47-3)12-8-28)20-32(34)24-4-9-29(46-2)10-5-24/h4-6,9-10,13,18,25-26,28,30,32-34H,7-8,11-12,14-17,19-23H2,1-3H3,(H,43,44)/t26-,28?,30?,32+,33+,34-/m1/s1. The quantitative estimate of drug-likeness (QED) is 0.384. The van der Waals surface area contributed by atoms with E-state index in [4.69, 9.17) is 14.2 Å². The van der Waals surface area contributed by atoms with E-state index < -0.39 is 5.97 Å². The molecule has 1 aliphatic carbocycles. The molecule has 0 spiro atoms. The number of carbonyl (C=O) groups is 2. The van der Waals surface area contributed by atoms with Gasteiger partial charge in [0.1, 0.15) is 11.6 Å². The summed E-state index contributed by atoms with van der Waals surface area (Å²) in [4.78, 5) is 32.9. The molecular weight excluding hydrogens is 601 g/mol. The molecule has 4 fully saturated rings. The molecule has 1 amide bonds. The number of benzene rings is 2. The lowest BCUT2D eigenvalue weighted by Gasteiger charge is -2.35. The van der Waals surface area contributed by atoms with Crippen molar-refractivity contribution in [2.45, 2.75) is 62.5 Å². The predicted octanol–water partition coefficient (Wildman–Crippen LogP) is 5.00. The number of amides is 1. The van der Waals surface area contributed by atoms with Gasteiger partial charge in [-0.05, 0) is 73.9 Å². The summed E-state index contributed by atoms with van der Waals surface area (Å²) >= 11 is 0. The fraction of sp³-hybridized carbons (Fsp3) is 0.622. The molecule has 0 radical (unpaired) electrons. The molecule has 6 rings (SSSR count). The van der Waals surface area contributed by atoms with Gasteiger partial charge in [0.05, 0.1) is 31.7 Å². The van der Waals surface area contributed by atoms with E-state index in [1.807, 2.05) is 23.1 Å². The van der Waals surface area contributed by atoms with Crippen LogP contribution in [0.3, 0.4) is 0 Å². The van der Waals surface area contributed by atoms with E-state index in [9.17, 15) is 19.1 Å². The van der Waals surface area contributed by atoms with Crippen molar-refractivity contribution in [3.8, 4) is 5.75 Å². The molecule has 256 valence electrons. The van der Waals surface area contributed by atoms with Gasteiger partial charge < -0.3 is 29.1 Å². The number of carbonyl (C=O) groups excluding carboxylic acids is 1. The number of rotatable bonds is 10. The Balaban J connectivity index is 1.24. The van der Waals surface area contributed by atoms with Gasteiger partial charge in [-0.15, -0.1) is 0 Å². The second kappa shape index (κ2) is 14.9. The number of nitrogens with zero attached hydrogens (tertiary/aromatic N) is 3. The van der Waals surface area contributed by atoms with Crippen molar-refractivity contribution in [3.05, 3.63) is 59.4 Å². The SMILES string of the molecule is COC[C@H]1CN(C(=O)[C@@H]2CN(C3CCC(OC)CC3)C[C@H]2c2ccc(OC)cc2)C[C@@H]1c1ccc(F)cc1N1CCC(C(=O)O)CC1. The lowest BCUT2D eigenvalue weighted by atomic mass is 9.87. The predicted molar refractivity (Wildman–Crippen MR) is 178 cm³/mol. The van der Waals surface area contributed by atoms with Gasteiger partial charge in [0, 0.05) is 83.0 Å². The highest BCUT2D eigenvalue weighted by atomic mass is 19.1. The van der Waals surface area contributed by atoms with Crippen molar-refractivity contribution >= 4 is 17.6 Å². The van der Waals surface area contributed by atoms with Gasteiger partial charge >= 0.3 is 5.97 Å². The second-order valence-electron chi connectivity index (χ2n) is 14.0. The van der Waals surface area contributed by atoms with Crippen LogP contribution in [0.4, 0.5) is 10.1 Å². The van der Waals surface area contributed by atoms with Gasteiger partial charge in [0.15, 0.2) is 0 Å². The van der Waals surface area contributed by atoms with Crippen LogP contribution in [0.1, 0.15) is 61.5 Å². The van der Waals surface area contributed by atoms with E-state index in [1.54, 1.807) is 27.4 Å². The van der Waals surface area contributed by atoms with Crippen LogP contribution in [0, 0.1) is 23.6 Å². The van der Waals surface area contributed by atoms with E-state index in [0.717, 1.165) is 61.3 Å². The van der Waals surface area contributed by atoms with Gasteiger partial charge in [-0.1, -0.05) is 18.2 Å². The second-order valence-corrected chi connectivity index (χ2v) is 14.0. The third-order valence-corrected chi connectivity index (χ3v) is 11.4. The Morgan fingerprint density at radius 2 is 1.60 bits per heavy atom. The molecule has 9 nitrogen and oxygen atoms in total.